The normalized spacial score (nSPS) is 16.0. The van der Waals surface area contributed by atoms with E-state index >= 15 is 0 Å². The van der Waals surface area contributed by atoms with Crippen molar-refractivity contribution in [3.63, 3.8) is 0 Å². The minimum absolute atomic E-state index is 1.27. The predicted molar refractivity (Wildman–Crippen MR) is 46.6 cm³/mol. The molecule has 0 nitrogen and oxygen atoms in total. The Hall–Kier alpha value is -0.960. The molecular formula is C10H14. The third-order valence-corrected chi connectivity index (χ3v) is 1.57. The summed E-state index contributed by atoms with van der Waals surface area (Å²) in [6, 6.07) is 0. The molecule has 54 valence electrons. The Labute approximate surface area is 63.6 Å². The van der Waals surface area contributed by atoms with Crippen molar-refractivity contribution in [2.75, 3.05) is 0 Å². The SMILES string of the molecule is C#C.CC1=CC=C(C)CC1. The minimum atomic E-state index is 1.27. The predicted octanol–water partition coefficient (Wildman–Crippen LogP) is 2.92. The number of rotatable bonds is 0. The van der Waals surface area contributed by atoms with Gasteiger partial charge in [0.2, 0.25) is 0 Å². The number of terminal acetylenes is 1. The number of allylic oxidation sites excluding steroid dienone is 4. The summed E-state index contributed by atoms with van der Waals surface area (Å²) in [6.07, 6.45) is 14.9. The molecule has 0 spiro atoms. The first kappa shape index (κ1) is 9.04. The zero-order valence-corrected chi connectivity index (χ0v) is 6.72. The van der Waals surface area contributed by atoms with Crippen molar-refractivity contribution < 1.29 is 0 Å². The van der Waals surface area contributed by atoms with Gasteiger partial charge in [-0.15, -0.1) is 12.8 Å². The van der Waals surface area contributed by atoms with E-state index in [0.717, 1.165) is 0 Å². The lowest BCUT2D eigenvalue weighted by Crippen LogP contribution is -1.85. The lowest BCUT2D eigenvalue weighted by molar-refractivity contribution is 0.906. The van der Waals surface area contributed by atoms with Crippen LogP contribution in [0.25, 0.3) is 0 Å². The first-order valence-electron chi connectivity index (χ1n) is 3.45. The molecule has 0 aliphatic heterocycles. The van der Waals surface area contributed by atoms with Gasteiger partial charge in [0, 0.05) is 0 Å². The van der Waals surface area contributed by atoms with Crippen molar-refractivity contribution in [3.8, 4) is 12.8 Å². The molecule has 0 aromatic rings. The van der Waals surface area contributed by atoms with Crippen molar-refractivity contribution in [1.82, 2.24) is 0 Å². The molecule has 0 N–H and O–H groups in total. The van der Waals surface area contributed by atoms with Crippen LogP contribution in [0.2, 0.25) is 0 Å². The molecule has 0 saturated carbocycles. The quantitative estimate of drug-likeness (QED) is 0.447. The molecular weight excluding hydrogens is 120 g/mol. The van der Waals surface area contributed by atoms with Crippen LogP contribution in [0.3, 0.4) is 0 Å². The number of hydrogen-bond acceptors (Lipinski definition) is 0. The van der Waals surface area contributed by atoms with Crippen LogP contribution >= 0.6 is 0 Å². The van der Waals surface area contributed by atoms with E-state index in [1.54, 1.807) is 0 Å². The molecule has 1 aliphatic rings. The van der Waals surface area contributed by atoms with E-state index in [2.05, 4.69) is 38.8 Å². The molecule has 1 rings (SSSR count). The molecule has 0 heterocycles. The Bertz CT molecular complexity index is 150. The summed E-state index contributed by atoms with van der Waals surface area (Å²) in [5.74, 6) is 0. The molecule has 0 saturated heterocycles. The van der Waals surface area contributed by atoms with Crippen molar-refractivity contribution in [3.05, 3.63) is 23.3 Å². The molecule has 0 amide bonds. The first-order chi connectivity index (χ1) is 4.79. The van der Waals surface area contributed by atoms with Gasteiger partial charge in [-0.2, -0.15) is 0 Å². The van der Waals surface area contributed by atoms with Gasteiger partial charge in [-0.05, 0) is 26.7 Å². The molecule has 1 aliphatic carbocycles. The average Bonchev–Trinajstić information content (AvgIpc) is 2.00. The molecule has 0 unspecified atom stereocenters. The molecule has 0 radical (unpaired) electrons. The van der Waals surface area contributed by atoms with Gasteiger partial charge in [-0.3, -0.25) is 0 Å². The second kappa shape index (κ2) is 4.88. The van der Waals surface area contributed by atoms with Gasteiger partial charge in [0.05, 0.1) is 0 Å². The highest BCUT2D eigenvalue weighted by atomic mass is 14.0. The van der Waals surface area contributed by atoms with Crippen LogP contribution in [-0.4, -0.2) is 0 Å². The van der Waals surface area contributed by atoms with Crippen LogP contribution in [0.15, 0.2) is 23.3 Å². The van der Waals surface area contributed by atoms with Crippen molar-refractivity contribution in [2.45, 2.75) is 26.7 Å². The maximum atomic E-state index is 4.00. The van der Waals surface area contributed by atoms with Crippen LogP contribution < -0.4 is 0 Å². The van der Waals surface area contributed by atoms with E-state index in [1.807, 2.05) is 0 Å². The third kappa shape index (κ3) is 3.14. The summed E-state index contributed by atoms with van der Waals surface area (Å²) >= 11 is 0. The van der Waals surface area contributed by atoms with E-state index in [1.165, 1.54) is 24.0 Å². The molecule has 0 fully saturated rings. The smallest absolute Gasteiger partial charge is 0.0283 e. The molecule has 0 atom stereocenters. The summed E-state index contributed by atoms with van der Waals surface area (Å²) in [5.41, 5.74) is 3.02. The summed E-state index contributed by atoms with van der Waals surface area (Å²) < 4.78 is 0. The Morgan fingerprint density at radius 3 is 1.50 bits per heavy atom. The minimum Gasteiger partial charge on any atom is -0.124 e. The standard InChI is InChI=1S/C8H12.C2H2/c1-7-3-5-8(2)6-4-7;1-2/h3,5H,4,6H2,1-2H3;1-2H. The van der Waals surface area contributed by atoms with Gasteiger partial charge in [0.15, 0.2) is 0 Å². The maximum absolute atomic E-state index is 4.00. The van der Waals surface area contributed by atoms with Crippen LogP contribution in [0.4, 0.5) is 0 Å². The largest absolute Gasteiger partial charge is 0.124 e. The molecule has 0 aromatic carbocycles. The summed E-state index contributed by atoms with van der Waals surface area (Å²) in [5, 5.41) is 0. The lowest BCUT2D eigenvalue weighted by atomic mass is 10.0. The highest BCUT2D eigenvalue weighted by Gasteiger charge is 1.95. The Morgan fingerprint density at radius 1 is 1.00 bits per heavy atom. The Kier molecular flexibility index (Phi) is 4.41. The lowest BCUT2D eigenvalue weighted by Gasteiger charge is -2.05. The molecule has 0 aromatic heterocycles. The first-order valence-corrected chi connectivity index (χ1v) is 3.45. The Balaban J connectivity index is 0.000000371. The van der Waals surface area contributed by atoms with Gasteiger partial charge >= 0.3 is 0 Å². The summed E-state index contributed by atoms with van der Waals surface area (Å²) in [4.78, 5) is 0. The van der Waals surface area contributed by atoms with Gasteiger partial charge < -0.3 is 0 Å². The van der Waals surface area contributed by atoms with E-state index in [4.69, 9.17) is 0 Å². The van der Waals surface area contributed by atoms with Crippen LogP contribution in [0, 0.1) is 12.8 Å². The highest BCUT2D eigenvalue weighted by Crippen LogP contribution is 2.15. The highest BCUT2D eigenvalue weighted by molar-refractivity contribution is 5.20. The summed E-state index contributed by atoms with van der Waals surface area (Å²) in [7, 11) is 0. The average molecular weight is 134 g/mol. The molecule has 0 heteroatoms. The van der Waals surface area contributed by atoms with Gasteiger partial charge in [-0.25, -0.2) is 0 Å². The van der Waals surface area contributed by atoms with Crippen LogP contribution in [0.1, 0.15) is 26.7 Å². The second-order valence-electron chi connectivity index (χ2n) is 2.53. The summed E-state index contributed by atoms with van der Waals surface area (Å²) in [6.45, 7) is 4.37. The van der Waals surface area contributed by atoms with E-state index in [0.29, 0.717) is 0 Å². The monoisotopic (exact) mass is 134 g/mol. The third-order valence-electron chi connectivity index (χ3n) is 1.57. The van der Waals surface area contributed by atoms with Crippen molar-refractivity contribution in [2.24, 2.45) is 0 Å². The fourth-order valence-corrected chi connectivity index (χ4v) is 0.846. The second-order valence-corrected chi connectivity index (χ2v) is 2.53. The zero-order chi connectivity index (χ0) is 7.98. The van der Waals surface area contributed by atoms with Crippen molar-refractivity contribution >= 4 is 0 Å². The van der Waals surface area contributed by atoms with E-state index < -0.39 is 0 Å². The van der Waals surface area contributed by atoms with Gasteiger partial charge in [-0.1, -0.05) is 23.3 Å². The fraction of sp³-hybridized carbons (Fsp3) is 0.400. The topological polar surface area (TPSA) is 0 Å². The molecule has 10 heavy (non-hydrogen) atoms. The number of hydrogen-bond donors (Lipinski definition) is 0. The van der Waals surface area contributed by atoms with Crippen molar-refractivity contribution in [1.29, 1.82) is 0 Å². The fourth-order valence-electron chi connectivity index (χ4n) is 0.846. The van der Waals surface area contributed by atoms with Gasteiger partial charge in [0.25, 0.3) is 0 Å². The van der Waals surface area contributed by atoms with Crippen LogP contribution in [-0.2, 0) is 0 Å². The van der Waals surface area contributed by atoms with Crippen LogP contribution in [0.5, 0.6) is 0 Å². The van der Waals surface area contributed by atoms with Gasteiger partial charge in [0.1, 0.15) is 0 Å². The zero-order valence-electron chi connectivity index (χ0n) is 6.72. The van der Waals surface area contributed by atoms with E-state index in [9.17, 15) is 0 Å². The maximum Gasteiger partial charge on any atom is -0.0283 e. The van der Waals surface area contributed by atoms with E-state index in [-0.39, 0.29) is 0 Å². The Morgan fingerprint density at radius 2 is 1.30 bits per heavy atom. The molecule has 0 bridgehead atoms.